The monoisotopic (exact) mass is 226 g/mol. The maximum atomic E-state index is 2.48. The first-order valence-corrected chi connectivity index (χ1v) is 7.67. The van der Waals surface area contributed by atoms with Gasteiger partial charge in [0, 0.05) is 0 Å². The highest BCUT2D eigenvalue weighted by Crippen LogP contribution is 2.31. The molecule has 0 aliphatic carbocycles. The Morgan fingerprint density at radius 3 is 1.62 bits per heavy atom. The van der Waals surface area contributed by atoms with Crippen LogP contribution in [-0.4, -0.2) is 0 Å². The Hall–Kier alpha value is 0. The van der Waals surface area contributed by atoms with E-state index in [0.29, 0.717) is 0 Å². The quantitative estimate of drug-likeness (QED) is 0.397. The summed E-state index contributed by atoms with van der Waals surface area (Å²) >= 11 is 0. The highest BCUT2D eigenvalue weighted by atomic mass is 14.3. The summed E-state index contributed by atoms with van der Waals surface area (Å²) in [6, 6.07) is 0. The topological polar surface area (TPSA) is 0 Å². The fraction of sp³-hybridized carbons (Fsp3) is 1.00. The minimum atomic E-state index is 0.932. The van der Waals surface area contributed by atoms with E-state index in [2.05, 4.69) is 34.6 Å². The van der Waals surface area contributed by atoms with Gasteiger partial charge in [-0.2, -0.15) is 0 Å². The van der Waals surface area contributed by atoms with Crippen LogP contribution in [0, 0.1) is 17.8 Å². The molecule has 16 heavy (non-hydrogen) atoms. The molecule has 0 bridgehead atoms. The molecule has 3 unspecified atom stereocenters. The van der Waals surface area contributed by atoms with Crippen molar-refractivity contribution in [1.29, 1.82) is 0 Å². The molecule has 0 aliphatic heterocycles. The summed E-state index contributed by atoms with van der Waals surface area (Å²) in [4.78, 5) is 0. The average Bonchev–Trinajstić information content (AvgIpc) is 2.27. The molecule has 0 aromatic carbocycles. The maximum Gasteiger partial charge on any atom is -0.0365 e. The molecule has 0 radical (unpaired) electrons. The van der Waals surface area contributed by atoms with Crippen LogP contribution in [0.1, 0.15) is 86.0 Å². The molecule has 0 amide bonds. The van der Waals surface area contributed by atoms with Crippen LogP contribution in [0.2, 0.25) is 0 Å². The third-order valence-corrected chi connectivity index (χ3v) is 4.21. The summed E-state index contributed by atoms with van der Waals surface area (Å²) < 4.78 is 0. The van der Waals surface area contributed by atoms with Gasteiger partial charge in [0.2, 0.25) is 0 Å². The van der Waals surface area contributed by atoms with Crippen molar-refractivity contribution in [2.45, 2.75) is 86.0 Å². The lowest BCUT2D eigenvalue weighted by Crippen LogP contribution is -2.19. The van der Waals surface area contributed by atoms with Gasteiger partial charge in [0.1, 0.15) is 0 Å². The molecule has 98 valence electrons. The Labute approximate surface area is 104 Å². The van der Waals surface area contributed by atoms with Gasteiger partial charge in [-0.05, 0) is 17.8 Å². The van der Waals surface area contributed by atoms with Gasteiger partial charge in [0.05, 0.1) is 0 Å². The van der Waals surface area contributed by atoms with E-state index in [1.54, 1.807) is 0 Å². The largest absolute Gasteiger partial charge is 0.0654 e. The van der Waals surface area contributed by atoms with E-state index in [4.69, 9.17) is 0 Å². The maximum absolute atomic E-state index is 2.48. The van der Waals surface area contributed by atoms with Crippen molar-refractivity contribution in [3.8, 4) is 0 Å². The summed E-state index contributed by atoms with van der Waals surface area (Å²) in [5, 5.41) is 0. The Morgan fingerprint density at radius 1 is 0.688 bits per heavy atom. The van der Waals surface area contributed by atoms with E-state index in [1.807, 2.05) is 0 Å². The zero-order valence-electron chi connectivity index (χ0n) is 12.4. The fourth-order valence-electron chi connectivity index (χ4n) is 3.04. The summed E-state index contributed by atoms with van der Waals surface area (Å²) in [5.74, 6) is 2.83. The van der Waals surface area contributed by atoms with Gasteiger partial charge in [-0.3, -0.25) is 0 Å². The normalized spacial score (nSPS) is 17.1. The SMILES string of the molecule is CCCCCC(C)C(CC)C(C)CCCC. The zero-order chi connectivity index (χ0) is 12.4. The molecule has 0 spiro atoms. The molecule has 0 saturated heterocycles. The van der Waals surface area contributed by atoms with E-state index >= 15 is 0 Å². The van der Waals surface area contributed by atoms with Crippen LogP contribution in [0.5, 0.6) is 0 Å². The predicted molar refractivity (Wildman–Crippen MR) is 75.8 cm³/mol. The number of hydrogen-bond donors (Lipinski definition) is 0. The molecule has 0 nitrogen and oxygen atoms in total. The van der Waals surface area contributed by atoms with E-state index in [9.17, 15) is 0 Å². The lowest BCUT2D eigenvalue weighted by Gasteiger charge is -2.29. The number of hydrogen-bond acceptors (Lipinski definition) is 0. The molecule has 0 saturated carbocycles. The van der Waals surface area contributed by atoms with Gasteiger partial charge < -0.3 is 0 Å². The van der Waals surface area contributed by atoms with Crippen molar-refractivity contribution < 1.29 is 0 Å². The van der Waals surface area contributed by atoms with E-state index in [0.717, 1.165) is 17.8 Å². The predicted octanol–water partition coefficient (Wildman–Crippen LogP) is 6.06. The first-order chi connectivity index (χ1) is 7.67. The Bertz CT molecular complexity index is 139. The summed E-state index contributed by atoms with van der Waals surface area (Å²) in [6.45, 7) is 11.9. The van der Waals surface area contributed by atoms with Crippen LogP contribution >= 0.6 is 0 Å². The Kier molecular flexibility index (Phi) is 10.2. The van der Waals surface area contributed by atoms with Crippen molar-refractivity contribution in [2.24, 2.45) is 17.8 Å². The van der Waals surface area contributed by atoms with Gasteiger partial charge >= 0.3 is 0 Å². The van der Waals surface area contributed by atoms with E-state index < -0.39 is 0 Å². The second-order valence-corrected chi connectivity index (χ2v) is 5.66. The molecule has 0 aliphatic rings. The molecule has 0 rings (SSSR count). The van der Waals surface area contributed by atoms with Crippen LogP contribution in [-0.2, 0) is 0 Å². The van der Waals surface area contributed by atoms with E-state index in [1.165, 1.54) is 51.4 Å². The van der Waals surface area contributed by atoms with Crippen molar-refractivity contribution in [2.75, 3.05) is 0 Å². The Balaban J connectivity index is 3.93. The zero-order valence-corrected chi connectivity index (χ0v) is 12.4. The van der Waals surface area contributed by atoms with Gasteiger partial charge in [0.25, 0.3) is 0 Å². The molecular formula is C16H34. The lowest BCUT2D eigenvalue weighted by molar-refractivity contribution is 0.218. The standard InChI is InChI=1S/C16H34/c1-6-9-11-13-15(5)16(8-3)14(4)12-10-7-2/h14-16H,6-13H2,1-5H3. The molecule has 0 heterocycles. The third-order valence-electron chi connectivity index (χ3n) is 4.21. The van der Waals surface area contributed by atoms with Crippen molar-refractivity contribution in [3.63, 3.8) is 0 Å². The first-order valence-electron chi connectivity index (χ1n) is 7.67. The lowest BCUT2D eigenvalue weighted by atomic mass is 9.77. The second-order valence-electron chi connectivity index (χ2n) is 5.66. The van der Waals surface area contributed by atoms with Gasteiger partial charge in [-0.1, -0.05) is 86.0 Å². The van der Waals surface area contributed by atoms with E-state index in [-0.39, 0.29) is 0 Å². The third kappa shape index (κ3) is 6.55. The van der Waals surface area contributed by atoms with Crippen LogP contribution in [0.4, 0.5) is 0 Å². The van der Waals surface area contributed by atoms with Gasteiger partial charge in [-0.25, -0.2) is 0 Å². The minimum absolute atomic E-state index is 0.932. The molecular weight excluding hydrogens is 192 g/mol. The minimum Gasteiger partial charge on any atom is -0.0654 e. The summed E-state index contributed by atoms with van der Waals surface area (Å²) in [6.07, 6.45) is 11.2. The van der Waals surface area contributed by atoms with Crippen LogP contribution in [0.25, 0.3) is 0 Å². The highest BCUT2D eigenvalue weighted by molar-refractivity contribution is 4.71. The smallest absolute Gasteiger partial charge is 0.0365 e. The van der Waals surface area contributed by atoms with Crippen LogP contribution in [0.3, 0.4) is 0 Å². The Morgan fingerprint density at radius 2 is 1.19 bits per heavy atom. The number of unbranched alkanes of at least 4 members (excludes halogenated alkanes) is 3. The molecule has 0 aromatic rings. The van der Waals surface area contributed by atoms with Crippen molar-refractivity contribution >= 4 is 0 Å². The fourth-order valence-corrected chi connectivity index (χ4v) is 3.04. The molecule has 0 heteroatoms. The van der Waals surface area contributed by atoms with Crippen molar-refractivity contribution in [1.82, 2.24) is 0 Å². The molecule has 0 aromatic heterocycles. The summed E-state index contributed by atoms with van der Waals surface area (Å²) in [5.41, 5.74) is 0. The van der Waals surface area contributed by atoms with Crippen molar-refractivity contribution in [3.05, 3.63) is 0 Å². The van der Waals surface area contributed by atoms with Crippen LogP contribution in [0.15, 0.2) is 0 Å². The van der Waals surface area contributed by atoms with Gasteiger partial charge in [0.15, 0.2) is 0 Å². The average molecular weight is 226 g/mol. The summed E-state index contributed by atoms with van der Waals surface area (Å²) in [7, 11) is 0. The highest BCUT2D eigenvalue weighted by Gasteiger charge is 2.20. The number of rotatable bonds is 10. The van der Waals surface area contributed by atoms with Gasteiger partial charge in [-0.15, -0.1) is 0 Å². The molecule has 0 fully saturated rings. The molecule has 3 atom stereocenters. The van der Waals surface area contributed by atoms with Crippen LogP contribution < -0.4 is 0 Å². The first kappa shape index (κ1) is 16.0. The molecule has 0 N–H and O–H groups in total. The second kappa shape index (κ2) is 10.2.